The van der Waals surface area contributed by atoms with Gasteiger partial charge >= 0.3 is 5.97 Å². The third-order valence-corrected chi connectivity index (χ3v) is 5.55. The number of ether oxygens (including phenoxy) is 1. The van der Waals surface area contributed by atoms with Gasteiger partial charge in [-0.25, -0.2) is 9.79 Å². The van der Waals surface area contributed by atoms with Crippen LogP contribution in [0.15, 0.2) is 102 Å². The number of aryl methyl sites for hydroxylation is 1. The quantitative estimate of drug-likeness (QED) is 0.175. The van der Waals surface area contributed by atoms with Gasteiger partial charge in [0.1, 0.15) is 5.75 Å². The number of nitrogens with two attached hydrogens (primary N) is 2. The third-order valence-electron chi connectivity index (χ3n) is 5.55. The Hall–Kier alpha value is -4.38. The molecule has 0 radical (unpaired) electrons. The lowest BCUT2D eigenvalue weighted by atomic mass is 10.00. The van der Waals surface area contributed by atoms with Gasteiger partial charge in [0.05, 0.1) is 12.1 Å². The van der Waals surface area contributed by atoms with Crippen LogP contribution in [-0.4, -0.2) is 11.9 Å². The Morgan fingerprint density at radius 2 is 1.32 bits per heavy atom. The molecule has 0 atom stereocenters. The summed E-state index contributed by atoms with van der Waals surface area (Å²) in [5.74, 6) is -0.00192. The standard InChI is InChI=1S/C29H27N3O2/c1-20-6-8-21(9-7-20)18-22-10-12-23(13-11-22)24-14-16-26(17-15-24)34-28(33)27-5-3-2-4-25(27)19-32-29(30)31/h2-17H,18-19H2,1H3,(H4,30,31,32). The van der Waals surface area contributed by atoms with Crippen molar-refractivity contribution in [3.05, 3.63) is 125 Å². The van der Waals surface area contributed by atoms with Crippen LogP contribution in [0.25, 0.3) is 11.1 Å². The summed E-state index contributed by atoms with van der Waals surface area (Å²) >= 11 is 0. The van der Waals surface area contributed by atoms with E-state index in [1.807, 2.05) is 18.2 Å². The molecule has 0 unspecified atom stereocenters. The van der Waals surface area contributed by atoms with Crippen molar-refractivity contribution < 1.29 is 9.53 Å². The molecule has 0 saturated carbocycles. The van der Waals surface area contributed by atoms with Gasteiger partial charge in [-0.05, 0) is 59.4 Å². The molecule has 4 aromatic carbocycles. The molecular weight excluding hydrogens is 422 g/mol. The highest BCUT2D eigenvalue weighted by Gasteiger charge is 2.13. The second kappa shape index (κ2) is 10.5. The lowest BCUT2D eigenvalue weighted by Crippen LogP contribution is -2.23. The lowest BCUT2D eigenvalue weighted by Gasteiger charge is -2.09. The normalized spacial score (nSPS) is 10.5. The number of aliphatic imine (C=N–C) groups is 1. The Balaban J connectivity index is 1.42. The van der Waals surface area contributed by atoms with Crippen molar-refractivity contribution >= 4 is 11.9 Å². The molecule has 4 aromatic rings. The van der Waals surface area contributed by atoms with E-state index in [1.54, 1.807) is 30.3 Å². The van der Waals surface area contributed by atoms with Gasteiger partial charge in [-0.15, -0.1) is 0 Å². The summed E-state index contributed by atoms with van der Waals surface area (Å²) in [7, 11) is 0. The Labute approximate surface area is 199 Å². The fraction of sp³-hybridized carbons (Fsp3) is 0.103. The number of esters is 1. The first-order valence-electron chi connectivity index (χ1n) is 11.1. The Morgan fingerprint density at radius 3 is 1.94 bits per heavy atom. The molecule has 34 heavy (non-hydrogen) atoms. The van der Waals surface area contributed by atoms with Crippen LogP contribution in [0.2, 0.25) is 0 Å². The Kier molecular flexibility index (Phi) is 7.04. The number of guanidine groups is 1. The average molecular weight is 450 g/mol. The van der Waals surface area contributed by atoms with E-state index < -0.39 is 5.97 Å². The van der Waals surface area contributed by atoms with Crippen molar-refractivity contribution in [1.82, 2.24) is 0 Å². The minimum Gasteiger partial charge on any atom is -0.423 e. The van der Waals surface area contributed by atoms with Crippen LogP contribution in [-0.2, 0) is 13.0 Å². The maximum atomic E-state index is 12.7. The summed E-state index contributed by atoms with van der Waals surface area (Å²) in [6.07, 6.45) is 0.903. The fourth-order valence-electron chi connectivity index (χ4n) is 3.67. The number of hydrogen-bond donors (Lipinski definition) is 2. The minimum atomic E-state index is -0.449. The van der Waals surface area contributed by atoms with Gasteiger partial charge in [-0.1, -0.05) is 84.4 Å². The van der Waals surface area contributed by atoms with Crippen LogP contribution in [0.5, 0.6) is 5.75 Å². The zero-order valence-electron chi connectivity index (χ0n) is 19.1. The van der Waals surface area contributed by atoms with Crippen LogP contribution in [0.4, 0.5) is 0 Å². The summed E-state index contributed by atoms with van der Waals surface area (Å²) in [5.41, 5.74) is 17.9. The van der Waals surface area contributed by atoms with E-state index in [0.29, 0.717) is 16.9 Å². The van der Waals surface area contributed by atoms with Gasteiger partial charge in [0.25, 0.3) is 0 Å². The van der Waals surface area contributed by atoms with Crippen molar-refractivity contribution in [3.8, 4) is 16.9 Å². The van der Waals surface area contributed by atoms with Crippen molar-refractivity contribution in [2.75, 3.05) is 0 Å². The molecule has 0 spiro atoms. The van der Waals surface area contributed by atoms with E-state index in [4.69, 9.17) is 16.2 Å². The highest BCUT2D eigenvalue weighted by atomic mass is 16.5. The summed E-state index contributed by atoms with van der Waals surface area (Å²) < 4.78 is 5.58. The lowest BCUT2D eigenvalue weighted by molar-refractivity contribution is 0.0733. The third kappa shape index (κ3) is 5.90. The van der Waals surface area contributed by atoms with Crippen LogP contribution >= 0.6 is 0 Å². The topological polar surface area (TPSA) is 90.7 Å². The van der Waals surface area contributed by atoms with E-state index in [0.717, 1.165) is 17.5 Å². The summed E-state index contributed by atoms with van der Waals surface area (Å²) in [6, 6.07) is 31.7. The average Bonchev–Trinajstić information content (AvgIpc) is 2.85. The zero-order valence-corrected chi connectivity index (χ0v) is 19.1. The van der Waals surface area contributed by atoms with E-state index in [2.05, 4.69) is 60.4 Å². The number of benzene rings is 4. The van der Waals surface area contributed by atoms with E-state index in [-0.39, 0.29) is 12.5 Å². The number of nitrogens with zero attached hydrogens (tertiary/aromatic N) is 1. The molecule has 0 aliphatic rings. The molecule has 0 aromatic heterocycles. The first kappa shape index (κ1) is 22.8. The molecule has 0 aliphatic heterocycles. The molecule has 0 saturated heterocycles. The molecule has 170 valence electrons. The van der Waals surface area contributed by atoms with Gasteiger partial charge in [-0.3, -0.25) is 0 Å². The van der Waals surface area contributed by atoms with Gasteiger partial charge in [0, 0.05) is 0 Å². The molecule has 4 rings (SSSR count). The molecule has 0 fully saturated rings. The highest BCUT2D eigenvalue weighted by Crippen LogP contribution is 2.24. The van der Waals surface area contributed by atoms with Crippen LogP contribution in [0.3, 0.4) is 0 Å². The zero-order chi connectivity index (χ0) is 23.9. The molecule has 0 bridgehead atoms. The predicted molar refractivity (Wildman–Crippen MR) is 137 cm³/mol. The molecule has 0 aliphatic carbocycles. The number of rotatable bonds is 7. The first-order chi connectivity index (χ1) is 16.5. The van der Waals surface area contributed by atoms with E-state index in [1.165, 1.54) is 16.7 Å². The fourth-order valence-corrected chi connectivity index (χ4v) is 3.67. The first-order valence-corrected chi connectivity index (χ1v) is 11.1. The monoisotopic (exact) mass is 449 g/mol. The molecular formula is C29H27N3O2. The van der Waals surface area contributed by atoms with Crippen LogP contribution in [0.1, 0.15) is 32.6 Å². The number of hydrogen-bond acceptors (Lipinski definition) is 3. The van der Waals surface area contributed by atoms with E-state index in [9.17, 15) is 4.79 Å². The molecule has 0 heterocycles. The van der Waals surface area contributed by atoms with Crippen molar-refractivity contribution in [2.45, 2.75) is 19.9 Å². The second-order valence-corrected chi connectivity index (χ2v) is 8.17. The largest absolute Gasteiger partial charge is 0.423 e. The summed E-state index contributed by atoms with van der Waals surface area (Å²) in [4.78, 5) is 16.7. The summed E-state index contributed by atoms with van der Waals surface area (Å²) in [5, 5.41) is 0. The van der Waals surface area contributed by atoms with Gasteiger partial charge < -0.3 is 16.2 Å². The minimum absolute atomic E-state index is 0.0260. The number of carbonyl (C=O) groups excluding carboxylic acids is 1. The summed E-state index contributed by atoms with van der Waals surface area (Å²) in [6.45, 7) is 2.31. The second-order valence-electron chi connectivity index (χ2n) is 8.17. The van der Waals surface area contributed by atoms with Crippen LogP contribution in [0, 0.1) is 6.92 Å². The maximum Gasteiger partial charge on any atom is 0.343 e. The predicted octanol–water partition coefficient (Wildman–Crippen LogP) is 5.25. The smallest absolute Gasteiger partial charge is 0.343 e. The van der Waals surface area contributed by atoms with Crippen LogP contribution < -0.4 is 16.2 Å². The SMILES string of the molecule is Cc1ccc(Cc2ccc(-c3ccc(OC(=O)c4ccccc4CN=C(N)N)cc3)cc2)cc1. The molecule has 4 N–H and O–H groups in total. The van der Waals surface area contributed by atoms with Crippen molar-refractivity contribution in [1.29, 1.82) is 0 Å². The van der Waals surface area contributed by atoms with Gasteiger partial charge in [0.2, 0.25) is 0 Å². The van der Waals surface area contributed by atoms with Gasteiger partial charge in [-0.2, -0.15) is 0 Å². The molecule has 5 heteroatoms. The van der Waals surface area contributed by atoms with Crippen molar-refractivity contribution in [2.24, 2.45) is 16.5 Å². The van der Waals surface area contributed by atoms with E-state index >= 15 is 0 Å². The number of carbonyl (C=O) groups is 1. The molecule has 0 amide bonds. The Morgan fingerprint density at radius 1 is 0.765 bits per heavy atom. The van der Waals surface area contributed by atoms with Gasteiger partial charge in [0.15, 0.2) is 5.96 Å². The molecule has 5 nitrogen and oxygen atoms in total. The maximum absolute atomic E-state index is 12.7. The van der Waals surface area contributed by atoms with Crippen molar-refractivity contribution in [3.63, 3.8) is 0 Å². The highest BCUT2D eigenvalue weighted by molar-refractivity contribution is 5.92. The Bertz CT molecular complexity index is 1290.